The van der Waals surface area contributed by atoms with Crippen molar-refractivity contribution >= 4 is 0 Å². The van der Waals surface area contributed by atoms with Crippen LogP contribution < -0.4 is 5.90 Å². The van der Waals surface area contributed by atoms with Crippen molar-refractivity contribution < 1.29 is 9.94 Å². The van der Waals surface area contributed by atoms with Gasteiger partial charge in [0.15, 0.2) is 0 Å². The van der Waals surface area contributed by atoms with Crippen LogP contribution in [0.3, 0.4) is 0 Å². The van der Waals surface area contributed by atoms with Gasteiger partial charge in [0.1, 0.15) is 0 Å². The van der Waals surface area contributed by atoms with Crippen LogP contribution in [0, 0.1) is 5.92 Å². The van der Waals surface area contributed by atoms with E-state index in [0.717, 1.165) is 25.7 Å². The first kappa shape index (κ1) is 9.96. The van der Waals surface area contributed by atoms with E-state index in [1.54, 1.807) is 0 Å². The van der Waals surface area contributed by atoms with Crippen LogP contribution in [0.2, 0.25) is 0 Å². The third-order valence-corrected chi connectivity index (χ3v) is 2.87. The lowest BCUT2D eigenvalue weighted by Crippen LogP contribution is -2.36. The molecule has 1 aliphatic rings. The molecule has 72 valence electrons. The molecule has 0 saturated heterocycles. The van der Waals surface area contributed by atoms with E-state index in [-0.39, 0.29) is 6.10 Å². The van der Waals surface area contributed by atoms with Crippen LogP contribution in [-0.2, 0) is 4.84 Å². The Bertz CT molecular complexity index is 134. The van der Waals surface area contributed by atoms with Crippen molar-refractivity contribution in [2.24, 2.45) is 11.8 Å². The fourth-order valence-corrected chi connectivity index (χ4v) is 1.91. The summed E-state index contributed by atoms with van der Waals surface area (Å²) in [5, 5.41) is 9.73. The molecule has 1 saturated carbocycles. The number of hydrogen-bond acceptors (Lipinski definition) is 3. The Balaban J connectivity index is 2.36. The molecule has 0 aromatic heterocycles. The molecule has 0 aliphatic heterocycles. The third-order valence-electron chi connectivity index (χ3n) is 2.87. The average molecular weight is 173 g/mol. The van der Waals surface area contributed by atoms with E-state index >= 15 is 0 Å². The van der Waals surface area contributed by atoms with E-state index in [9.17, 15) is 5.11 Å². The van der Waals surface area contributed by atoms with Gasteiger partial charge in [-0.05, 0) is 45.4 Å². The van der Waals surface area contributed by atoms with Gasteiger partial charge in [0.25, 0.3) is 0 Å². The zero-order chi connectivity index (χ0) is 9.19. The van der Waals surface area contributed by atoms with Crippen LogP contribution >= 0.6 is 0 Å². The summed E-state index contributed by atoms with van der Waals surface area (Å²) >= 11 is 0. The second-order valence-electron chi connectivity index (χ2n) is 4.26. The van der Waals surface area contributed by atoms with Crippen LogP contribution in [0.1, 0.15) is 39.5 Å². The summed E-state index contributed by atoms with van der Waals surface area (Å²) in [4.78, 5) is 4.77. The first-order valence-corrected chi connectivity index (χ1v) is 4.62. The largest absolute Gasteiger partial charge is 0.390 e. The van der Waals surface area contributed by atoms with E-state index in [1.807, 2.05) is 13.8 Å². The van der Waals surface area contributed by atoms with Crippen molar-refractivity contribution in [3.8, 4) is 0 Å². The van der Waals surface area contributed by atoms with Crippen LogP contribution in [0.5, 0.6) is 0 Å². The Kier molecular flexibility index (Phi) is 3.09. The lowest BCUT2D eigenvalue weighted by atomic mass is 9.78. The van der Waals surface area contributed by atoms with Crippen molar-refractivity contribution in [2.45, 2.75) is 51.2 Å². The zero-order valence-electron chi connectivity index (χ0n) is 7.92. The van der Waals surface area contributed by atoms with Crippen molar-refractivity contribution in [3.05, 3.63) is 0 Å². The molecule has 0 bridgehead atoms. The Morgan fingerprint density at radius 2 is 1.75 bits per heavy atom. The maximum absolute atomic E-state index is 9.73. The first-order chi connectivity index (χ1) is 5.54. The highest BCUT2D eigenvalue weighted by molar-refractivity contribution is 4.82. The highest BCUT2D eigenvalue weighted by Crippen LogP contribution is 2.32. The van der Waals surface area contributed by atoms with E-state index in [2.05, 4.69) is 0 Å². The maximum atomic E-state index is 9.73. The molecule has 1 aliphatic carbocycles. The normalized spacial score (nSPS) is 32.0. The van der Waals surface area contributed by atoms with Gasteiger partial charge in [-0.3, -0.25) is 0 Å². The van der Waals surface area contributed by atoms with Crippen LogP contribution in [0.15, 0.2) is 0 Å². The second kappa shape index (κ2) is 3.73. The SMILES string of the molecule is CC(C)(O)C1CCC(ON)CC1. The van der Waals surface area contributed by atoms with Gasteiger partial charge in [-0.25, -0.2) is 5.90 Å². The van der Waals surface area contributed by atoms with Gasteiger partial charge in [-0.2, -0.15) is 0 Å². The highest BCUT2D eigenvalue weighted by Gasteiger charge is 2.31. The van der Waals surface area contributed by atoms with Gasteiger partial charge in [0.2, 0.25) is 0 Å². The molecule has 0 aromatic rings. The van der Waals surface area contributed by atoms with Crippen molar-refractivity contribution in [1.29, 1.82) is 0 Å². The maximum Gasteiger partial charge on any atom is 0.0787 e. The average Bonchev–Trinajstić information content (AvgIpc) is 2.03. The Morgan fingerprint density at radius 3 is 2.08 bits per heavy atom. The molecule has 0 radical (unpaired) electrons. The topological polar surface area (TPSA) is 55.5 Å². The van der Waals surface area contributed by atoms with E-state index in [1.165, 1.54) is 0 Å². The molecule has 3 heteroatoms. The van der Waals surface area contributed by atoms with Crippen molar-refractivity contribution in [3.63, 3.8) is 0 Å². The van der Waals surface area contributed by atoms with E-state index < -0.39 is 5.60 Å². The summed E-state index contributed by atoms with van der Waals surface area (Å²) in [5.41, 5.74) is -0.542. The fourth-order valence-electron chi connectivity index (χ4n) is 1.91. The van der Waals surface area contributed by atoms with Gasteiger partial charge in [0, 0.05) is 0 Å². The molecule has 3 N–H and O–H groups in total. The predicted molar refractivity (Wildman–Crippen MR) is 47.3 cm³/mol. The molecular weight excluding hydrogens is 154 g/mol. The molecule has 0 atom stereocenters. The summed E-state index contributed by atoms with van der Waals surface area (Å²) in [6.45, 7) is 3.75. The lowest BCUT2D eigenvalue weighted by molar-refractivity contribution is -0.0394. The summed E-state index contributed by atoms with van der Waals surface area (Å²) in [7, 11) is 0. The minimum absolute atomic E-state index is 0.212. The quantitative estimate of drug-likeness (QED) is 0.617. The minimum Gasteiger partial charge on any atom is -0.390 e. The lowest BCUT2D eigenvalue weighted by Gasteiger charge is -2.34. The summed E-state index contributed by atoms with van der Waals surface area (Å²) in [5.74, 6) is 5.50. The molecule has 12 heavy (non-hydrogen) atoms. The minimum atomic E-state index is -0.542. The fraction of sp³-hybridized carbons (Fsp3) is 1.00. The standard InChI is InChI=1S/C9H19NO2/c1-9(2,11)7-3-5-8(12-10)6-4-7/h7-8,11H,3-6,10H2,1-2H3. The number of hydrogen-bond donors (Lipinski definition) is 2. The molecule has 0 heterocycles. The van der Waals surface area contributed by atoms with Crippen LogP contribution in [0.4, 0.5) is 0 Å². The van der Waals surface area contributed by atoms with Gasteiger partial charge >= 0.3 is 0 Å². The zero-order valence-corrected chi connectivity index (χ0v) is 7.92. The first-order valence-electron chi connectivity index (χ1n) is 4.62. The second-order valence-corrected chi connectivity index (χ2v) is 4.26. The highest BCUT2D eigenvalue weighted by atomic mass is 16.6. The van der Waals surface area contributed by atoms with E-state index in [4.69, 9.17) is 10.7 Å². The number of nitrogens with two attached hydrogens (primary N) is 1. The molecule has 0 aromatic carbocycles. The summed E-state index contributed by atoms with van der Waals surface area (Å²) in [6, 6.07) is 0. The third kappa shape index (κ3) is 2.44. The number of aliphatic hydroxyl groups is 1. The van der Waals surface area contributed by atoms with Crippen LogP contribution in [0.25, 0.3) is 0 Å². The monoisotopic (exact) mass is 173 g/mol. The molecule has 1 rings (SSSR count). The van der Waals surface area contributed by atoms with E-state index in [0.29, 0.717) is 5.92 Å². The summed E-state index contributed by atoms with van der Waals surface area (Å²) < 4.78 is 0. The molecular formula is C9H19NO2. The van der Waals surface area contributed by atoms with Crippen LogP contribution in [-0.4, -0.2) is 16.8 Å². The van der Waals surface area contributed by atoms with Crippen molar-refractivity contribution in [2.75, 3.05) is 0 Å². The molecule has 1 fully saturated rings. The Morgan fingerprint density at radius 1 is 1.25 bits per heavy atom. The molecule has 0 spiro atoms. The van der Waals surface area contributed by atoms with Gasteiger partial charge in [-0.1, -0.05) is 0 Å². The van der Waals surface area contributed by atoms with Gasteiger partial charge in [0.05, 0.1) is 11.7 Å². The Hall–Kier alpha value is -0.120. The predicted octanol–water partition coefficient (Wildman–Crippen LogP) is 1.21. The summed E-state index contributed by atoms with van der Waals surface area (Å²) in [6.07, 6.45) is 4.20. The molecule has 0 amide bonds. The molecule has 3 nitrogen and oxygen atoms in total. The smallest absolute Gasteiger partial charge is 0.0787 e. The van der Waals surface area contributed by atoms with Gasteiger partial charge in [-0.15, -0.1) is 0 Å². The van der Waals surface area contributed by atoms with Gasteiger partial charge < -0.3 is 9.94 Å². The Labute approximate surface area is 73.9 Å². The number of rotatable bonds is 2. The molecule has 0 unspecified atom stereocenters. The van der Waals surface area contributed by atoms with Crippen molar-refractivity contribution in [1.82, 2.24) is 0 Å².